The highest BCUT2D eigenvalue weighted by atomic mass is 79.9. The lowest BCUT2D eigenvalue weighted by atomic mass is 10.2. The molecule has 0 heterocycles. The van der Waals surface area contributed by atoms with Gasteiger partial charge in [0.1, 0.15) is 34.4 Å². The molecule has 2 aromatic carbocycles. The Kier molecular flexibility index (Phi) is 4.45. The van der Waals surface area contributed by atoms with Crippen molar-refractivity contribution < 1.29 is 19.4 Å². The maximum absolute atomic E-state index is 11.2. The zero-order valence-electron chi connectivity index (χ0n) is 11.0. The van der Waals surface area contributed by atoms with E-state index in [1.807, 2.05) is 6.07 Å². The minimum absolute atomic E-state index is 0.0142. The van der Waals surface area contributed by atoms with Crippen LogP contribution in [0.2, 0.25) is 0 Å². The normalized spacial score (nSPS) is 9.76. The molecule has 0 aliphatic heterocycles. The summed E-state index contributed by atoms with van der Waals surface area (Å²) in [5, 5.41) is 18.3. The van der Waals surface area contributed by atoms with Crippen molar-refractivity contribution in [3.05, 3.63) is 52.0 Å². The standard InChI is InChI=1S/C15H10BrNO4/c1-20-9-5-6-10(15(18)19)14(7-9)21-13-4-2-3-12(16)11(13)8-17/h2-7H,1H3,(H,18,19). The maximum Gasteiger partial charge on any atom is 0.339 e. The predicted molar refractivity (Wildman–Crippen MR) is 78.9 cm³/mol. The molecule has 0 saturated carbocycles. The number of hydrogen-bond donors (Lipinski definition) is 1. The van der Waals surface area contributed by atoms with Gasteiger partial charge in [-0.3, -0.25) is 0 Å². The number of carbonyl (C=O) groups is 1. The van der Waals surface area contributed by atoms with Gasteiger partial charge >= 0.3 is 5.97 Å². The Morgan fingerprint density at radius 2 is 2.05 bits per heavy atom. The number of nitrogens with zero attached hydrogens (tertiary/aromatic N) is 1. The molecule has 5 nitrogen and oxygen atoms in total. The van der Waals surface area contributed by atoms with Gasteiger partial charge in [0, 0.05) is 10.5 Å². The summed E-state index contributed by atoms with van der Waals surface area (Å²) in [6.45, 7) is 0. The zero-order valence-corrected chi connectivity index (χ0v) is 12.5. The van der Waals surface area contributed by atoms with E-state index in [0.717, 1.165) is 0 Å². The Balaban J connectivity index is 2.51. The van der Waals surface area contributed by atoms with Crippen LogP contribution in [0.5, 0.6) is 17.2 Å². The van der Waals surface area contributed by atoms with Crippen LogP contribution in [0.25, 0.3) is 0 Å². The van der Waals surface area contributed by atoms with Gasteiger partial charge in [0.2, 0.25) is 0 Å². The van der Waals surface area contributed by atoms with Gasteiger partial charge in [0.25, 0.3) is 0 Å². The van der Waals surface area contributed by atoms with Crippen LogP contribution in [0, 0.1) is 11.3 Å². The van der Waals surface area contributed by atoms with Crippen molar-refractivity contribution in [1.82, 2.24) is 0 Å². The van der Waals surface area contributed by atoms with Gasteiger partial charge in [-0.2, -0.15) is 5.26 Å². The molecule has 0 bridgehead atoms. The molecule has 2 aromatic rings. The number of aromatic carboxylic acids is 1. The molecule has 0 saturated heterocycles. The molecule has 21 heavy (non-hydrogen) atoms. The Labute approximate surface area is 129 Å². The third-order valence-corrected chi connectivity index (χ3v) is 3.39. The average Bonchev–Trinajstić information content (AvgIpc) is 2.47. The molecule has 0 amide bonds. The van der Waals surface area contributed by atoms with E-state index in [0.29, 0.717) is 10.2 Å². The van der Waals surface area contributed by atoms with Crippen molar-refractivity contribution in [2.45, 2.75) is 0 Å². The van der Waals surface area contributed by atoms with Crippen molar-refractivity contribution in [3.63, 3.8) is 0 Å². The van der Waals surface area contributed by atoms with E-state index in [4.69, 9.17) is 14.7 Å². The minimum atomic E-state index is -1.12. The van der Waals surface area contributed by atoms with Crippen LogP contribution in [0.1, 0.15) is 15.9 Å². The topological polar surface area (TPSA) is 79.6 Å². The lowest BCUT2D eigenvalue weighted by Gasteiger charge is -2.12. The van der Waals surface area contributed by atoms with Gasteiger partial charge in [-0.05, 0) is 40.2 Å². The second-order valence-electron chi connectivity index (χ2n) is 3.99. The van der Waals surface area contributed by atoms with Gasteiger partial charge in [0.05, 0.1) is 7.11 Å². The smallest absolute Gasteiger partial charge is 0.339 e. The lowest BCUT2D eigenvalue weighted by Crippen LogP contribution is -2.01. The summed E-state index contributed by atoms with van der Waals surface area (Å²) in [7, 11) is 1.47. The number of hydrogen-bond acceptors (Lipinski definition) is 4. The Bertz CT molecular complexity index is 737. The molecule has 0 fully saturated rings. The summed E-state index contributed by atoms with van der Waals surface area (Å²) >= 11 is 3.25. The highest BCUT2D eigenvalue weighted by Gasteiger charge is 2.16. The number of halogens is 1. The number of methoxy groups -OCH3 is 1. The molecule has 0 atom stereocenters. The van der Waals surface area contributed by atoms with Crippen molar-refractivity contribution in [1.29, 1.82) is 5.26 Å². The van der Waals surface area contributed by atoms with Crippen LogP contribution in [0.4, 0.5) is 0 Å². The summed E-state index contributed by atoms with van der Waals surface area (Å²) in [4.78, 5) is 11.2. The van der Waals surface area contributed by atoms with Gasteiger partial charge in [-0.25, -0.2) is 4.79 Å². The van der Waals surface area contributed by atoms with Gasteiger partial charge < -0.3 is 14.6 Å². The summed E-state index contributed by atoms with van der Waals surface area (Å²) in [5.74, 6) is -0.288. The van der Waals surface area contributed by atoms with E-state index < -0.39 is 5.97 Å². The molecule has 0 aliphatic rings. The predicted octanol–water partition coefficient (Wildman–Crippen LogP) is 3.82. The number of ether oxygens (including phenoxy) is 2. The maximum atomic E-state index is 11.2. The Morgan fingerprint density at radius 3 is 2.67 bits per heavy atom. The molecule has 106 valence electrons. The number of rotatable bonds is 4. The molecule has 0 unspecified atom stereocenters. The molecule has 0 aliphatic carbocycles. The molecular weight excluding hydrogens is 338 g/mol. The third kappa shape index (κ3) is 3.15. The van der Waals surface area contributed by atoms with Crippen LogP contribution < -0.4 is 9.47 Å². The molecule has 0 radical (unpaired) electrons. The summed E-state index contributed by atoms with van der Waals surface area (Å²) in [5.41, 5.74) is 0.274. The average molecular weight is 348 g/mol. The van der Waals surface area contributed by atoms with E-state index in [-0.39, 0.29) is 22.6 Å². The zero-order chi connectivity index (χ0) is 15.4. The molecule has 0 spiro atoms. The van der Waals surface area contributed by atoms with Crippen molar-refractivity contribution in [2.24, 2.45) is 0 Å². The summed E-state index contributed by atoms with van der Waals surface area (Å²) < 4.78 is 11.2. The quantitative estimate of drug-likeness (QED) is 0.909. The fourth-order valence-corrected chi connectivity index (χ4v) is 2.14. The second kappa shape index (κ2) is 6.29. The summed E-state index contributed by atoms with van der Waals surface area (Å²) in [6.07, 6.45) is 0. The van der Waals surface area contributed by atoms with Gasteiger partial charge in [-0.15, -0.1) is 0 Å². The summed E-state index contributed by atoms with van der Waals surface area (Å²) in [6, 6.07) is 11.4. The monoisotopic (exact) mass is 347 g/mol. The Hall–Kier alpha value is -2.52. The highest BCUT2D eigenvalue weighted by Crippen LogP contribution is 2.33. The van der Waals surface area contributed by atoms with E-state index in [1.165, 1.54) is 25.3 Å². The van der Waals surface area contributed by atoms with Crippen molar-refractivity contribution >= 4 is 21.9 Å². The first-order chi connectivity index (χ1) is 10.1. The SMILES string of the molecule is COc1ccc(C(=O)O)c(Oc2cccc(Br)c2C#N)c1. The number of nitriles is 1. The van der Waals surface area contributed by atoms with E-state index in [1.54, 1.807) is 18.2 Å². The van der Waals surface area contributed by atoms with E-state index in [2.05, 4.69) is 15.9 Å². The number of benzene rings is 2. The van der Waals surface area contributed by atoms with Crippen molar-refractivity contribution in [2.75, 3.05) is 7.11 Å². The van der Waals surface area contributed by atoms with E-state index in [9.17, 15) is 9.90 Å². The molecular formula is C15H10BrNO4. The molecule has 0 aromatic heterocycles. The van der Waals surface area contributed by atoms with Crippen LogP contribution >= 0.6 is 15.9 Å². The van der Waals surface area contributed by atoms with Crippen LogP contribution in [0.15, 0.2) is 40.9 Å². The third-order valence-electron chi connectivity index (χ3n) is 2.73. The minimum Gasteiger partial charge on any atom is -0.497 e. The van der Waals surface area contributed by atoms with Crippen molar-refractivity contribution in [3.8, 4) is 23.3 Å². The Morgan fingerprint density at radius 1 is 1.29 bits per heavy atom. The molecule has 2 rings (SSSR count). The largest absolute Gasteiger partial charge is 0.497 e. The van der Waals surface area contributed by atoms with E-state index >= 15 is 0 Å². The van der Waals surface area contributed by atoms with Crippen LogP contribution in [0.3, 0.4) is 0 Å². The molecule has 6 heteroatoms. The fraction of sp³-hybridized carbons (Fsp3) is 0.0667. The first-order valence-electron chi connectivity index (χ1n) is 5.84. The fourth-order valence-electron chi connectivity index (χ4n) is 1.71. The lowest BCUT2D eigenvalue weighted by molar-refractivity contribution is 0.0694. The van der Waals surface area contributed by atoms with Gasteiger partial charge in [-0.1, -0.05) is 6.07 Å². The first-order valence-corrected chi connectivity index (χ1v) is 6.64. The first kappa shape index (κ1) is 14.9. The second-order valence-corrected chi connectivity index (χ2v) is 4.85. The van der Waals surface area contributed by atoms with Crippen LogP contribution in [-0.2, 0) is 0 Å². The number of carboxylic acid groups (broad SMARTS) is 1. The van der Waals surface area contributed by atoms with Crippen LogP contribution in [-0.4, -0.2) is 18.2 Å². The van der Waals surface area contributed by atoms with Gasteiger partial charge in [0.15, 0.2) is 0 Å². The number of carboxylic acids is 1. The highest BCUT2D eigenvalue weighted by molar-refractivity contribution is 9.10. The molecule has 1 N–H and O–H groups in total.